The standard InChI is InChI=1S/C25H24F5N3O3S/c1-14-4-5-17(11-20(14)26)23-19(8-9-22(33-23)25(28,29)30)12-31-24(34)15(2)16-6-7-18(21(27)10-16)13-32-37(3,35)36/h4-11,15,32H,12-13H2,1-3H3,(H,31,34). The van der Waals surface area contributed by atoms with Gasteiger partial charge in [-0.1, -0.05) is 30.3 Å². The first-order chi connectivity index (χ1) is 17.2. The average Bonchev–Trinajstić information content (AvgIpc) is 2.81. The fourth-order valence-corrected chi connectivity index (χ4v) is 3.87. The zero-order valence-electron chi connectivity index (χ0n) is 20.1. The molecule has 1 aromatic heterocycles. The monoisotopic (exact) mass is 541 g/mol. The summed E-state index contributed by atoms with van der Waals surface area (Å²) in [6, 6.07) is 9.83. The Balaban J connectivity index is 1.81. The number of hydrogen-bond acceptors (Lipinski definition) is 4. The molecule has 0 aliphatic carbocycles. The van der Waals surface area contributed by atoms with Crippen LogP contribution in [0.1, 0.15) is 40.8 Å². The Morgan fingerprint density at radius 3 is 2.24 bits per heavy atom. The Labute approximate surface area is 211 Å². The number of rotatable bonds is 8. The molecule has 3 aromatic rings. The molecule has 2 aromatic carbocycles. The lowest BCUT2D eigenvalue weighted by Crippen LogP contribution is -2.28. The molecule has 1 heterocycles. The number of alkyl halides is 3. The van der Waals surface area contributed by atoms with Crippen LogP contribution >= 0.6 is 0 Å². The topological polar surface area (TPSA) is 88.2 Å². The summed E-state index contributed by atoms with van der Waals surface area (Å²) < 4.78 is 93.0. The third kappa shape index (κ3) is 7.32. The molecular formula is C25H24F5N3O3S. The van der Waals surface area contributed by atoms with Gasteiger partial charge in [0, 0.05) is 24.2 Å². The predicted molar refractivity (Wildman–Crippen MR) is 128 cm³/mol. The minimum Gasteiger partial charge on any atom is -0.351 e. The quantitative estimate of drug-likeness (QED) is 0.400. The maximum atomic E-state index is 14.4. The first kappa shape index (κ1) is 28.2. The molecule has 1 unspecified atom stereocenters. The molecule has 198 valence electrons. The van der Waals surface area contributed by atoms with Crippen LogP contribution in [0.5, 0.6) is 0 Å². The van der Waals surface area contributed by atoms with Crippen molar-refractivity contribution in [1.82, 2.24) is 15.0 Å². The highest BCUT2D eigenvalue weighted by molar-refractivity contribution is 7.88. The first-order valence-electron chi connectivity index (χ1n) is 11.0. The van der Waals surface area contributed by atoms with Crippen LogP contribution < -0.4 is 10.0 Å². The van der Waals surface area contributed by atoms with E-state index in [0.717, 1.165) is 30.5 Å². The van der Waals surface area contributed by atoms with Gasteiger partial charge < -0.3 is 5.32 Å². The van der Waals surface area contributed by atoms with Crippen molar-refractivity contribution in [3.8, 4) is 11.3 Å². The lowest BCUT2D eigenvalue weighted by Gasteiger charge is -2.16. The molecule has 0 saturated heterocycles. The van der Waals surface area contributed by atoms with Gasteiger partial charge in [-0.2, -0.15) is 13.2 Å². The summed E-state index contributed by atoms with van der Waals surface area (Å²) in [5.74, 6) is -2.70. The molecule has 0 saturated carbocycles. The van der Waals surface area contributed by atoms with Crippen LogP contribution in [0.2, 0.25) is 0 Å². The lowest BCUT2D eigenvalue weighted by molar-refractivity contribution is -0.141. The Morgan fingerprint density at radius 2 is 1.65 bits per heavy atom. The summed E-state index contributed by atoms with van der Waals surface area (Å²) in [7, 11) is -3.52. The van der Waals surface area contributed by atoms with Gasteiger partial charge in [-0.3, -0.25) is 4.79 Å². The number of aryl methyl sites for hydroxylation is 1. The molecule has 6 nitrogen and oxygen atoms in total. The van der Waals surface area contributed by atoms with E-state index in [4.69, 9.17) is 0 Å². The van der Waals surface area contributed by atoms with Crippen molar-refractivity contribution in [3.63, 3.8) is 0 Å². The van der Waals surface area contributed by atoms with Gasteiger partial charge in [0.2, 0.25) is 15.9 Å². The number of carbonyl (C=O) groups is 1. The van der Waals surface area contributed by atoms with Gasteiger partial charge in [0.25, 0.3) is 0 Å². The van der Waals surface area contributed by atoms with Gasteiger partial charge in [0.05, 0.1) is 17.9 Å². The van der Waals surface area contributed by atoms with Crippen LogP contribution in [0.25, 0.3) is 11.3 Å². The number of amides is 1. The summed E-state index contributed by atoms with van der Waals surface area (Å²) in [6.07, 6.45) is -3.78. The minimum atomic E-state index is -4.72. The number of sulfonamides is 1. The predicted octanol–water partition coefficient (Wildman–Crippen LogP) is 4.82. The number of carbonyl (C=O) groups excluding carboxylic acids is 1. The molecule has 3 rings (SSSR count). The molecule has 0 radical (unpaired) electrons. The minimum absolute atomic E-state index is 0.0904. The number of hydrogen-bond donors (Lipinski definition) is 2. The van der Waals surface area contributed by atoms with E-state index in [9.17, 15) is 35.2 Å². The number of nitrogens with zero attached hydrogens (tertiary/aromatic N) is 1. The first-order valence-corrected chi connectivity index (χ1v) is 12.9. The van der Waals surface area contributed by atoms with E-state index in [1.165, 1.54) is 38.1 Å². The van der Waals surface area contributed by atoms with Gasteiger partial charge in [0.15, 0.2) is 0 Å². The third-order valence-corrected chi connectivity index (χ3v) is 6.33. The smallest absolute Gasteiger partial charge is 0.351 e. The number of pyridine rings is 1. The van der Waals surface area contributed by atoms with Crippen molar-refractivity contribution in [2.24, 2.45) is 0 Å². The van der Waals surface area contributed by atoms with Gasteiger partial charge in [-0.05, 0) is 48.7 Å². The van der Waals surface area contributed by atoms with Crippen LogP contribution in [-0.4, -0.2) is 25.6 Å². The highest BCUT2D eigenvalue weighted by Gasteiger charge is 2.33. The molecule has 1 atom stereocenters. The molecule has 0 fully saturated rings. The molecule has 12 heteroatoms. The van der Waals surface area contributed by atoms with Crippen LogP contribution in [0.3, 0.4) is 0 Å². The SMILES string of the molecule is Cc1ccc(-c2nc(C(F)(F)F)ccc2CNC(=O)C(C)c2ccc(CNS(C)(=O)=O)c(F)c2)cc1F. The largest absolute Gasteiger partial charge is 0.433 e. The summed E-state index contributed by atoms with van der Waals surface area (Å²) in [5.41, 5.74) is -0.234. The van der Waals surface area contributed by atoms with Crippen molar-refractivity contribution >= 4 is 15.9 Å². The van der Waals surface area contributed by atoms with E-state index in [-0.39, 0.29) is 35.5 Å². The van der Waals surface area contributed by atoms with E-state index in [1.54, 1.807) is 0 Å². The molecule has 0 aliphatic rings. The third-order valence-electron chi connectivity index (χ3n) is 5.66. The molecule has 0 aliphatic heterocycles. The summed E-state index contributed by atoms with van der Waals surface area (Å²) in [5, 5.41) is 2.60. The molecule has 0 bridgehead atoms. The van der Waals surface area contributed by atoms with Crippen LogP contribution in [0, 0.1) is 18.6 Å². The molecular weight excluding hydrogens is 517 g/mol. The highest BCUT2D eigenvalue weighted by atomic mass is 32.2. The van der Waals surface area contributed by atoms with E-state index in [0.29, 0.717) is 11.1 Å². The van der Waals surface area contributed by atoms with Crippen molar-refractivity contribution < 1.29 is 35.2 Å². The van der Waals surface area contributed by atoms with Crippen molar-refractivity contribution in [2.75, 3.05) is 6.26 Å². The number of benzene rings is 2. The van der Waals surface area contributed by atoms with Crippen molar-refractivity contribution in [3.05, 3.63) is 88.1 Å². The zero-order valence-corrected chi connectivity index (χ0v) is 20.9. The van der Waals surface area contributed by atoms with Gasteiger partial charge in [-0.25, -0.2) is 26.9 Å². The fraction of sp³-hybridized carbons (Fsp3) is 0.280. The Morgan fingerprint density at radius 1 is 0.973 bits per heavy atom. The maximum absolute atomic E-state index is 14.4. The van der Waals surface area contributed by atoms with E-state index in [2.05, 4.69) is 15.0 Å². The van der Waals surface area contributed by atoms with Crippen LogP contribution in [0.4, 0.5) is 22.0 Å². The van der Waals surface area contributed by atoms with Gasteiger partial charge in [0.1, 0.15) is 17.3 Å². The molecule has 37 heavy (non-hydrogen) atoms. The maximum Gasteiger partial charge on any atom is 0.433 e. The molecule has 0 spiro atoms. The summed E-state index contributed by atoms with van der Waals surface area (Å²) in [6.45, 7) is 2.56. The highest BCUT2D eigenvalue weighted by Crippen LogP contribution is 2.32. The zero-order chi connectivity index (χ0) is 27.5. The second-order valence-corrected chi connectivity index (χ2v) is 10.4. The van der Waals surface area contributed by atoms with E-state index < -0.39 is 45.4 Å². The fourth-order valence-electron chi connectivity index (χ4n) is 3.45. The summed E-state index contributed by atoms with van der Waals surface area (Å²) >= 11 is 0. The van der Waals surface area contributed by atoms with Crippen molar-refractivity contribution in [1.29, 1.82) is 0 Å². The van der Waals surface area contributed by atoms with Crippen LogP contribution in [-0.2, 0) is 34.1 Å². The van der Waals surface area contributed by atoms with E-state index in [1.807, 2.05) is 0 Å². The number of halogens is 5. The molecule has 1 amide bonds. The Hall–Kier alpha value is -3.38. The number of nitrogens with one attached hydrogen (secondary N) is 2. The van der Waals surface area contributed by atoms with Crippen LogP contribution in [0.15, 0.2) is 48.5 Å². The summed E-state index contributed by atoms with van der Waals surface area (Å²) in [4.78, 5) is 16.4. The van der Waals surface area contributed by atoms with Gasteiger partial charge in [-0.15, -0.1) is 0 Å². The molecule has 2 N–H and O–H groups in total. The van der Waals surface area contributed by atoms with Gasteiger partial charge >= 0.3 is 6.18 Å². The number of aromatic nitrogens is 1. The normalized spacial score (nSPS) is 12.9. The van der Waals surface area contributed by atoms with E-state index >= 15 is 0 Å². The Kier molecular flexibility index (Phi) is 8.33. The average molecular weight is 542 g/mol. The second kappa shape index (κ2) is 10.9. The second-order valence-electron chi connectivity index (χ2n) is 8.55. The van der Waals surface area contributed by atoms with Crippen molar-refractivity contribution in [2.45, 2.75) is 39.0 Å². The Bertz CT molecular complexity index is 1430. The lowest BCUT2D eigenvalue weighted by atomic mass is 9.98.